The first-order valence-corrected chi connectivity index (χ1v) is 8.80. The van der Waals surface area contributed by atoms with Gasteiger partial charge in [-0.05, 0) is 30.7 Å². The van der Waals surface area contributed by atoms with Crippen LogP contribution in [-0.2, 0) is 4.79 Å². The highest BCUT2D eigenvalue weighted by molar-refractivity contribution is 8.00. The van der Waals surface area contributed by atoms with Crippen LogP contribution in [0, 0.1) is 5.82 Å². The molecule has 0 saturated carbocycles. The van der Waals surface area contributed by atoms with Gasteiger partial charge in [0.05, 0.1) is 6.54 Å². The molecule has 1 fully saturated rings. The van der Waals surface area contributed by atoms with Crippen molar-refractivity contribution >= 4 is 29.3 Å². The van der Waals surface area contributed by atoms with Gasteiger partial charge < -0.3 is 15.5 Å². The van der Waals surface area contributed by atoms with Crippen LogP contribution in [0.1, 0.15) is 13.3 Å². The Morgan fingerprint density at radius 3 is 2.83 bits per heavy atom. The van der Waals surface area contributed by atoms with Crippen LogP contribution in [0.2, 0.25) is 0 Å². The lowest BCUT2D eigenvalue weighted by Gasteiger charge is -2.34. The Morgan fingerprint density at radius 1 is 1.43 bits per heavy atom. The molecule has 1 atom stereocenters. The molecule has 5 nitrogen and oxygen atoms in total. The molecule has 126 valence electrons. The summed E-state index contributed by atoms with van der Waals surface area (Å²) in [6.45, 7) is 4.19. The largest absolute Gasteiger partial charge is 0.347 e. The molecule has 1 aliphatic heterocycles. The zero-order valence-electron chi connectivity index (χ0n) is 13.5. The van der Waals surface area contributed by atoms with E-state index in [2.05, 4.69) is 27.4 Å². The highest BCUT2D eigenvalue weighted by atomic mass is 32.2. The summed E-state index contributed by atoms with van der Waals surface area (Å²) in [5.41, 5.74) is 0.577. The normalized spacial score (nSPS) is 18.7. The Hall–Kier alpha value is -1.76. The van der Waals surface area contributed by atoms with Crippen LogP contribution in [0.5, 0.6) is 0 Å². The number of carbonyl (C=O) groups excluding carboxylic acids is 1. The molecule has 1 aliphatic rings. The number of carbonyl (C=O) groups is 1. The summed E-state index contributed by atoms with van der Waals surface area (Å²) in [4.78, 5) is 18.4. The summed E-state index contributed by atoms with van der Waals surface area (Å²) in [6, 6.07) is 5.71. The summed E-state index contributed by atoms with van der Waals surface area (Å²) in [7, 11) is 1.73. The van der Waals surface area contributed by atoms with E-state index in [-0.39, 0.29) is 18.3 Å². The Balaban J connectivity index is 1.83. The SMILES string of the molecule is CCC1CN(C(=NC)NCC(=O)Nc2ccc(F)cc2)CCS1. The molecule has 0 aliphatic carbocycles. The van der Waals surface area contributed by atoms with Crippen molar-refractivity contribution in [1.29, 1.82) is 0 Å². The molecule has 7 heteroatoms. The number of nitrogens with zero attached hydrogens (tertiary/aromatic N) is 2. The van der Waals surface area contributed by atoms with Gasteiger partial charge in [-0.15, -0.1) is 0 Å². The van der Waals surface area contributed by atoms with Crippen LogP contribution in [-0.4, -0.2) is 54.5 Å². The number of hydrogen-bond acceptors (Lipinski definition) is 3. The van der Waals surface area contributed by atoms with Gasteiger partial charge in [0.25, 0.3) is 0 Å². The molecule has 1 aromatic carbocycles. The predicted octanol–water partition coefficient (Wildman–Crippen LogP) is 2.17. The molecule has 0 radical (unpaired) electrons. The smallest absolute Gasteiger partial charge is 0.243 e. The van der Waals surface area contributed by atoms with Gasteiger partial charge in [0.2, 0.25) is 5.91 Å². The van der Waals surface area contributed by atoms with Gasteiger partial charge in [-0.1, -0.05) is 6.92 Å². The number of rotatable bonds is 4. The molecular formula is C16H23FN4OS. The number of aliphatic imine (C=N–C) groups is 1. The molecule has 1 saturated heterocycles. The Bertz CT molecular complexity index is 550. The van der Waals surface area contributed by atoms with Crippen molar-refractivity contribution in [3.8, 4) is 0 Å². The first-order valence-electron chi connectivity index (χ1n) is 7.75. The van der Waals surface area contributed by atoms with Gasteiger partial charge in [-0.2, -0.15) is 11.8 Å². The minimum Gasteiger partial charge on any atom is -0.347 e. The molecule has 1 unspecified atom stereocenters. The second-order valence-corrected chi connectivity index (χ2v) is 6.71. The monoisotopic (exact) mass is 338 g/mol. The summed E-state index contributed by atoms with van der Waals surface area (Å²) < 4.78 is 12.8. The summed E-state index contributed by atoms with van der Waals surface area (Å²) in [5, 5.41) is 6.43. The van der Waals surface area contributed by atoms with Crippen molar-refractivity contribution in [2.75, 3.05) is 37.8 Å². The third-order valence-electron chi connectivity index (χ3n) is 3.64. The summed E-state index contributed by atoms with van der Waals surface area (Å²) in [5.74, 6) is 1.31. The minimum atomic E-state index is -0.324. The van der Waals surface area contributed by atoms with Crippen molar-refractivity contribution in [3.63, 3.8) is 0 Å². The fourth-order valence-electron chi connectivity index (χ4n) is 2.39. The van der Waals surface area contributed by atoms with Crippen LogP contribution in [0.15, 0.2) is 29.3 Å². The lowest BCUT2D eigenvalue weighted by molar-refractivity contribution is -0.115. The number of nitrogens with one attached hydrogen (secondary N) is 2. The summed E-state index contributed by atoms with van der Waals surface area (Å²) >= 11 is 1.99. The maximum absolute atomic E-state index is 12.8. The Kier molecular flexibility index (Phi) is 6.70. The maximum Gasteiger partial charge on any atom is 0.243 e. The minimum absolute atomic E-state index is 0.129. The molecule has 1 amide bonds. The average Bonchev–Trinajstić information content (AvgIpc) is 2.58. The number of hydrogen-bond donors (Lipinski definition) is 2. The average molecular weight is 338 g/mol. The first kappa shape index (κ1) is 17.6. The van der Waals surface area contributed by atoms with E-state index in [1.807, 2.05) is 11.8 Å². The van der Waals surface area contributed by atoms with Gasteiger partial charge >= 0.3 is 0 Å². The number of amides is 1. The van der Waals surface area contributed by atoms with E-state index in [1.165, 1.54) is 24.3 Å². The molecule has 23 heavy (non-hydrogen) atoms. The molecule has 1 heterocycles. The highest BCUT2D eigenvalue weighted by Gasteiger charge is 2.21. The van der Waals surface area contributed by atoms with E-state index in [0.29, 0.717) is 10.9 Å². The standard InChI is InChI=1S/C16H23FN4OS/c1-3-14-11-21(8-9-23-14)16(18-2)19-10-15(22)20-13-6-4-12(17)5-7-13/h4-7,14H,3,8-11H2,1-2H3,(H,18,19)(H,20,22). The zero-order chi connectivity index (χ0) is 16.7. The number of guanidine groups is 1. The van der Waals surface area contributed by atoms with Gasteiger partial charge in [-0.25, -0.2) is 4.39 Å². The molecular weight excluding hydrogens is 315 g/mol. The van der Waals surface area contributed by atoms with Crippen LogP contribution in [0.4, 0.5) is 10.1 Å². The lowest BCUT2D eigenvalue weighted by atomic mass is 10.3. The molecule has 1 aromatic rings. The van der Waals surface area contributed by atoms with Crippen molar-refractivity contribution in [3.05, 3.63) is 30.1 Å². The van der Waals surface area contributed by atoms with Crippen LogP contribution in [0.25, 0.3) is 0 Å². The van der Waals surface area contributed by atoms with Crippen LogP contribution < -0.4 is 10.6 Å². The van der Waals surface area contributed by atoms with E-state index in [0.717, 1.165) is 31.2 Å². The highest BCUT2D eigenvalue weighted by Crippen LogP contribution is 2.20. The fraction of sp³-hybridized carbons (Fsp3) is 0.500. The second kappa shape index (κ2) is 8.76. The topological polar surface area (TPSA) is 56.7 Å². The molecule has 2 N–H and O–H groups in total. The fourth-order valence-corrected chi connectivity index (χ4v) is 3.57. The van der Waals surface area contributed by atoms with Gasteiger partial charge in [0.1, 0.15) is 5.82 Å². The van der Waals surface area contributed by atoms with E-state index in [9.17, 15) is 9.18 Å². The lowest BCUT2D eigenvalue weighted by Crippen LogP contribution is -2.49. The van der Waals surface area contributed by atoms with Crippen LogP contribution >= 0.6 is 11.8 Å². The van der Waals surface area contributed by atoms with Crippen molar-refractivity contribution in [1.82, 2.24) is 10.2 Å². The summed E-state index contributed by atoms with van der Waals surface area (Å²) in [6.07, 6.45) is 1.13. The zero-order valence-corrected chi connectivity index (χ0v) is 14.3. The van der Waals surface area contributed by atoms with Crippen molar-refractivity contribution in [2.45, 2.75) is 18.6 Å². The molecule has 2 rings (SSSR count). The number of thioether (sulfide) groups is 1. The van der Waals surface area contributed by atoms with Crippen molar-refractivity contribution < 1.29 is 9.18 Å². The van der Waals surface area contributed by atoms with Gasteiger partial charge in [0, 0.05) is 36.8 Å². The molecule has 0 spiro atoms. The number of halogens is 1. The second-order valence-electron chi connectivity index (χ2n) is 5.30. The van der Waals surface area contributed by atoms with E-state index in [1.54, 1.807) is 7.05 Å². The van der Waals surface area contributed by atoms with Gasteiger partial charge in [-0.3, -0.25) is 9.79 Å². The predicted molar refractivity (Wildman–Crippen MR) is 94.5 cm³/mol. The van der Waals surface area contributed by atoms with E-state index in [4.69, 9.17) is 0 Å². The van der Waals surface area contributed by atoms with Gasteiger partial charge in [0.15, 0.2) is 5.96 Å². The number of anilines is 1. The Labute approximate surface area is 140 Å². The molecule has 0 bridgehead atoms. The van der Waals surface area contributed by atoms with Crippen molar-refractivity contribution in [2.24, 2.45) is 4.99 Å². The first-order chi connectivity index (χ1) is 11.1. The molecule has 0 aromatic heterocycles. The quantitative estimate of drug-likeness (QED) is 0.653. The third-order valence-corrected chi connectivity index (χ3v) is 5.01. The van der Waals surface area contributed by atoms with Crippen LogP contribution in [0.3, 0.4) is 0 Å². The third kappa shape index (κ3) is 5.42. The van der Waals surface area contributed by atoms with E-state index >= 15 is 0 Å². The Morgan fingerprint density at radius 2 is 2.17 bits per heavy atom. The van der Waals surface area contributed by atoms with E-state index < -0.39 is 0 Å². The maximum atomic E-state index is 12.8. The number of benzene rings is 1.